The maximum atomic E-state index is 12.0. The van der Waals surface area contributed by atoms with Crippen molar-refractivity contribution in [2.75, 3.05) is 33.7 Å². The quantitative estimate of drug-likeness (QED) is 0.301. The molecule has 0 unspecified atom stereocenters. The zero-order valence-electron chi connectivity index (χ0n) is 13.7. The summed E-state index contributed by atoms with van der Waals surface area (Å²) < 4.78 is 26.6. The van der Waals surface area contributed by atoms with E-state index < -0.39 is 10.0 Å². The first-order valence-electron chi connectivity index (χ1n) is 7.43. The number of unbranched alkanes of at least 4 members (excludes halogenated alkanes) is 1. The average Bonchev–Trinajstić information content (AvgIpc) is 2.56. The highest BCUT2D eigenvalue weighted by Gasteiger charge is 2.13. The smallest absolute Gasteiger partial charge is 0.242 e. The first-order valence-corrected chi connectivity index (χ1v) is 8.92. The highest BCUT2D eigenvalue weighted by Crippen LogP contribution is 2.04. The fourth-order valence-corrected chi connectivity index (χ4v) is 2.91. The highest BCUT2D eigenvalue weighted by molar-refractivity contribution is 7.89. The zero-order chi connectivity index (χ0) is 17.1. The van der Waals surface area contributed by atoms with Crippen LogP contribution < -0.4 is 10.0 Å². The molecule has 0 spiro atoms. The average molecular weight is 339 g/mol. The van der Waals surface area contributed by atoms with Crippen LogP contribution in [0.1, 0.15) is 12.8 Å². The van der Waals surface area contributed by atoms with Crippen molar-refractivity contribution >= 4 is 16.0 Å². The Morgan fingerprint density at radius 1 is 1.48 bits per heavy atom. The molecular weight excluding hydrogens is 314 g/mol. The summed E-state index contributed by atoms with van der Waals surface area (Å²) >= 11 is 0. The lowest BCUT2D eigenvalue weighted by Crippen LogP contribution is -2.42. The second-order valence-electron chi connectivity index (χ2n) is 4.91. The molecular formula is C15H25N5O2S. The predicted octanol–water partition coefficient (Wildman–Crippen LogP) is 0.833. The maximum absolute atomic E-state index is 12.0. The van der Waals surface area contributed by atoms with Gasteiger partial charge in [-0.15, -0.1) is 6.58 Å². The van der Waals surface area contributed by atoms with Gasteiger partial charge in [-0.05, 0) is 25.0 Å². The van der Waals surface area contributed by atoms with E-state index in [1.165, 1.54) is 18.5 Å². The van der Waals surface area contributed by atoms with Gasteiger partial charge in [-0.25, -0.2) is 13.1 Å². The molecule has 0 bridgehead atoms. The first-order chi connectivity index (χ1) is 11.0. The highest BCUT2D eigenvalue weighted by atomic mass is 32.2. The van der Waals surface area contributed by atoms with E-state index in [1.54, 1.807) is 13.1 Å². The molecule has 7 nitrogen and oxygen atoms in total. The Labute approximate surface area is 138 Å². The molecule has 0 radical (unpaired) electrons. The van der Waals surface area contributed by atoms with E-state index in [0.29, 0.717) is 6.54 Å². The van der Waals surface area contributed by atoms with Crippen molar-refractivity contribution in [2.45, 2.75) is 17.7 Å². The number of allylic oxidation sites excluding steroid dienone is 1. The van der Waals surface area contributed by atoms with Gasteiger partial charge < -0.3 is 10.2 Å². The third-order valence-corrected chi connectivity index (χ3v) is 4.57. The van der Waals surface area contributed by atoms with Gasteiger partial charge in [-0.2, -0.15) is 0 Å². The molecule has 1 aromatic rings. The monoisotopic (exact) mass is 339 g/mol. The SMILES string of the molecule is C=CCCCN(C)C(=NC)NCCNS(=O)(=O)c1cccnc1. The Morgan fingerprint density at radius 3 is 2.87 bits per heavy atom. The minimum absolute atomic E-state index is 0.158. The van der Waals surface area contributed by atoms with Gasteiger partial charge in [0.2, 0.25) is 10.0 Å². The minimum atomic E-state index is -3.52. The molecule has 0 aliphatic heterocycles. The number of nitrogens with one attached hydrogen (secondary N) is 2. The molecule has 23 heavy (non-hydrogen) atoms. The molecule has 0 aromatic carbocycles. The predicted molar refractivity (Wildman–Crippen MR) is 92.8 cm³/mol. The Kier molecular flexibility index (Phi) is 8.28. The molecule has 2 N–H and O–H groups in total. The molecule has 0 aliphatic carbocycles. The van der Waals surface area contributed by atoms with Gasteiger partial charge in [-0.3, -0.25) is 9.98 Å². The number of sulfonamides is 1. The van der Waals surface area contributed by atoms with Crippen molar-refractivity contribution in [3.63, 3.8) is 0 Å². The van der Waals surface area contributed by atoms with E-state index in [0.717, 1.165) is 25.3 Å². The van der Waals surface area contributed by atoms with E-state index in [9.17, 15) is 8.42 Å². The van der Waals surface area contributed by atoms with Gasteiger partial charge in [0, 0.05) is 46.1 Å². The van der Waals surface area contributed by atoms with Crippen LogP contribution in [0.2, 0.25) is 0 Å². The van der Waals surface area contributed by atoms with Crippen molar-refractivity contribution in [1.82, 2.24) is 19.9 Å². The zero-order valence-corrected chi connectivity index (χ0v) is 14.5. The maximum Gasteiger partial charge on any atom is 0.242 e. The van der Waals surface area contributed by atoms with Gasteiger partial charge in [0.1, 0.15) is 4.90 Å². The lowest BCUT2D eigenvalue weighted by molar-refractivity contribution is 0.470. The van der Waals surface area contributed by atoms with Gasteiger partial charge in [0.05, 0.1) is 0 Å². The molecule has 1 aromatic heterocycles. The molecule has 0 amide bonds. The van der Waals surface area contributed by atoms with Crippen molar-refractivity contribution in [3.8, 4) is 0 Å². The van der Waals surface area contributed by atoms with Crippen LogP contribution in [0.3, 0.4) is 0 Å². The summed E-state index contributed by atoms with van der Waals surface area (Å²) in [6, 6.07) is 3.10. The Hall–Kier alpha value is -1.93. The number of aromatic nitrogens is 1. The second-order valence-corrected chi connectivity index (χ2v) is 6.68. The van der Waals surface area contributed by atoms with Crippen molar-refractivity contribution in [1.29, 1.82) is 0 Å². The van der Waals surface area contributed by atoms with Crippen molar-refractivity contribution < 1.29 is 8.42 Å². The fourth-order valence-electron chi connectivity index (χ4n) is 1.91. The minimum Gasteiger partial charge on any atom is -0.355 e. The van der Waals surface area contributed by atoms with Crippen LogP contribution in [0.15, 0.2) is 47.1 Å². The summed E-state index contributed by atoms with van der Waals surface area (Å²) in [5.41, 5.74) is 0. The summed E-state index contributed by atoms with van der Waals surface area (Å²) in [4.78, 5) is 10.1. The molecule has 0 aliphatic rings. The van der Waals surface area contributed by atoms with Crippen molar-refractivity contribution in [2.24, 2.45) is 4.99 Å². The molecule has 1 rings (SSSR count). The molecule has 128 valence electrons. The van der Waals surface area contributed by atoms with Crippen LogP contribution in [0, 0.1) is 0 Å². The third kappa shape index (κ3) is 6.79. The normalized spacial score (nSPS) is 12.0. The van der Waals surface area contributed by atoms with Crippen LogP contribution >= 0.6 is 0 Å². The summed E-state index contributed by atoms with van der Waals surface area (Å²) in [7, 11) is 0.123. The van der Waals surface area contributed by atoms with Gasteiger partial charge in [0.15, 0.2) is 5.96 Å². The fraction of sp³-hybridized carbons (Fsp3) is 0.467. The number of aliphatic imine (C=N–C) groups is 1. The van der Waals surface area contributed by atoms with Crippen molar-refractivity contribution in [3.05, 3.63) is 37.2 Å². The van der Waals surface area contributed by atoms with E-state index >= 15 is 0 Å². The van der Waals surface area contributed by atoms with E-state index in [-0.39, 0.29) is 11.4 Å². The Balaban J connectivity index is 2.39. The summed E-state index contributed by atoms with van der Waals surface area (Å²) in [5, 5.41) is 3.13. The van der Waals surface area contributed by atoms with Crippen LogP contribution in [-0.4, -0.2) is 58.0 Å². The largest absolute Gasteiger partial charge is 0.355 e. The first kappa shape index (κ1) is 19.1. The number of guanidine groups is 1. The summed E-state index contributed by atoms with van der Waals surface area (Å²) in [6.07, 6.45) is 6.69. The van der Waals surface area contributed by atoms with Gasteiger partial charge >= 0.3 is 0 Å². The molecule has 0 fully saturated rings. The molecule has 8 heteroatoms. The second kappa shape index (κ2) is 9.96. The molecule has 1 heterocycles. The third-order valence-electron chi connectivity index (χ3n) is 3.12. The number of hydrogen-bond acceptors (Lipinski definition) is 4. The Bertz CT molecular complexity index is 602. The van der Waals surface area contributed by atoms with Crippen LogP contribution in [-0.2, 0) is 10.0 Å². The number of pyridine rings is 1. The number of rotatable bonds is 9. The van der Waals surface area contributed by atoms with E-state index in [4.69, 9.17) is 0 Å². The lowest BCUT2D eigenvalue weighted by Gasteiger charge is -2.21. The Morgan fingerprint density at radius 2 is 2.26 bits per heavy atom. The van der Waals surface area contributed by atoms with Gasteiger partial charge in [-0.1, -0.05) is 6.08 Å². The van der Waals surface area contributed by atoms with Crippen LogP contribution in [0.4, 0.5) is 0 Å². The summed E-state index contributed by atoms with van der Waals surface area (Å²) in [5.74, 6) is 0.731. The van der Waals surface area contributed by atoms with Crippen LogP contribution in [0.25, 0.3) is 0 Å². The molecule has 0 saturated heterocycles. The van der Waals surface area contributed by atoms with E-state index in [2.05, 4.69) is 26.6 Å². The van der Waals surface area contributed by atoms with Crippen LogP contribution in [0.5, 0.6) is 0 Å². The summed E-state index contributed by atoms with van der Waals surface area (Å²) in [6.45, 7) is 5.25. The standard InChI is InChI=1S/C15H25N5O2S/c1-4-5-6-12-20(3)15(16-2)18-10-11-19-23(21,22)14-8-7-9-17-13-14/h4,7-9,13,19H,1,5-6,10-12H2,2-3H3,(H,16,18). The molecule has 0 saturated carbocycles. The topological polar surface area (TPSA) is 86.7 Å². The molecule has 0 atom stereocenters. The lowest BCUT2D eigenvalue weighted by atomic mass is 10.3. The van der Waals surface area contributed by atoms with Gasteiger partial charge in [0.25, 0.3) is 0 Å². The number of hydrogen-bond donors (Lipinski definition) is 2. The number of nitrogens with zero attached hydrogens (tertiary/aromatic N) is 3. The van der Waals surface area contributed by atoms with E-state index in [1.807, 2.05) is 18.0 Å².